The van der Waals surface area contributed by atoms with Crippen LogP contribution in [-0.2, 0) is 6.54 Å². The molecule has 1 aromatic rings. The smallest absolute Gasteiger partial charge is 0.277 e. The van der Waals surface area contributed by atoms with E-state index in [9.17, 15) is 10.1 Å². The van der Waals surface area contributed by atoms with E-state index in [1.54, 1.807) is 6.07 Å². The van der Waals surface area contributed by atoms with Crippen LogP contribution in [0.25, 0.3) is 0 Å². The number of ether oxygens (including phenoxy) is 2. The van der Waals surface area contributed by atoms with Gasteiger partial charge in [0.15, 0.2) is 11.5 Å². The first-order chi connectivity index (χ1) is 10.8. The maximum absolute atomic E-state index is 11.4. The largest absolute Gasteiger partial charge is 0.493 e. The second kappa shape index (κ2) is 6.72. The minimum absolute atomic E-state index is 0.0103. The van der Waals surface area contributed by atoms with Gasteiger partial charge in [0.1, 0.15) is 0 Å². The van der Waals surface area contributed by atoms with Crippen molar-refractivity contribution in [2.75, 3.05) is 27.3 Å². The fraction of sp³-hybridized carbons (Fsp3) is 0.625. The molecule has 1 aromatic carbocycles. The Morgan fingerprint density at radius 1 is 1.35 bits per heavy atom. The van der Waals surface area contributed by atoms with Crippen LogP contribution in [0.5, 0.6) is 11.5 Å². The highest BCUT2D eigenvalue weighted by molar-refractivity contribution is 5.54. The first-order valence-corrected chi connectivity index (χ1v) is 7.65. The lowest BCUT2D eigenvalue weighted by atomic mass is 9.79. The summed E-state index contributed by atoms with van der Waals surface area (Å²) in [6, 6.07) is 3.27. The van der Waals surface area contributed by atoms with Gasteiger partial charge in [-0.25, -0.2) is 0 Å². The SMILES string of the molecule is COc1cc(CN2CCC(N)C(C)(C)C2)c([N+](=O)[O-])cc1OC. The Morgan fingerprint density at radius 2 is 1.96 bits per heavy atom. The van der Waals surface area contributed by atoms with Gasteiger partial charge < -0.3 is 15.2 Å². The van der Waals surface area contributed by atoms with Gasteiger partial charge in [-0.05, 0) is 17.9 Å². The summed E-state index contributed by atoms with van der Waals surface area (Å²) in [4.78, 5) is 13.2. The molecule has 1 aliphatic rings. The number of piperidine rings is 1. The highest BCUT2D eigenvalue weighted by Gasteiger charge is 2.34. The van der Waals surface area contributed by atoms with Crippen LogP contribution < -0.4 is 15.2 Å². The molecule has 1 saturated heterocycles. The molecule has 2 N–H and O–H groups in total. The third-order valence-electron chi connectivity index (χ3n) is 4.57. The summed E-state index contributed by atoms with van der Waals surface area (Å²) in [6.45, 7) is 6.39. The van der Waals surface area contributed by atoms with Crippen LogP contribution in [0.15, 0.2) is 12.1 Å². The maximum Gasteiger partial charge on any atom is 0.277 e. The second-order valence-electron chi connectivity index (χ2n) is 6.69. The van der Waals surface area contributed by atoms with Crippen molar-refractivity contribution >= 4 is 5.69 Å². The fourth-order valence-corrected chi connectivity index (χ4v) is 3.07. The topological polar surface area (TPSA) is 90.9 Å². The van der Waals surface area contributed by atoms with E-state index in [-0.39, 0.29) is 22.1 Å². The van der Waals surface area contributed by atoms with E-state index in [0.717, 1.165) is 19.5 Å². The molecule has 1 heterocycles. The number of rotatable bonds is 5. The van der Waals surface area contributed by atoms with Gasteiger partial charge >= 0.3 is 0 Å². The number of nitro groups is 1. The first kappa shape index (κ1) is 17.5. The molecule has 0 aliphatic carbocycles. The number of methoxy groups -OCH3 is 2. The zero-order chi connectivity index (χ0) is 17.2. The first-order valence-electron chi connectivity index (χ1n) is 7.65. The van der Waals surface area contributed by atoms with Gasteiger partial charge in [0.2, 0.25) is 0 Å². The molecule has 1 fully saturated rings. The summed E-state index contributed by atoms with van der Waals surface area (Å²) < 4.78 is 10.4. The average Bonchev–Trinajstić information content (AvgIpc) is 2.49. The number of hydrogen-bond donors (Lipinski definition) is 1. The van der Waals surface area contributed by atoms with Gasteiger partial charge in [-0.15, -0.1) is 0 Å². The zero-order valence-electron chi connectivity index (χ0n) is 14.2. The predicted octanol–water partition coefficient (Wildman–Crippen LogP) is 2.17. The van der Waals surface area contributed by atoms with Gasteiger partial charge in [0.25, 0.3) is 5.69 Å². The van der Waals surface area contributed by atoms with Crippen molar-refractivity contribution in [1.82, 2.24) is 4.90 Å². The Hall–Kier alpha value is -1.86. The van der Waals surface area contributed by atoms with Crippen LogP contribution in [0.4, 0.5) is 5.69 Å². The molecule has 7 nitrogen and oxygen atoms in total. The quantitative estimate of drug-likeness (QED) is 0.659. The van der Waals surface area contributed by atoms with Crippen LogP contribution in [0, 0.1) is 15.5 Å². The van der Waals surface area contributed by atoms with Crippen molar-refractivity contribution in [3.8, 4) is 11.5 Å². The van der Waals surface area contributed by atoms with Crippen LogP contribution in [-0.4, -0.2) is 43.2 Å². The van der Waals surface area contributed by atoms with E-state index >= 15 is 0 Å². The van der Waals surface area contributed by atoms with Gasteiger partial charge in [-0.2, -0.15) is 0 Å². The summed E-state index contributed by atoms with van der Waals surface area (Å²) >= 11 is 0. The summed E-state index contributed by atoms with van der Waals surface area (Å²) in [5, 5.41) is 11.4. The Labute approximate surface area is 136 Å². The second-order valence-corrected chi connectivity index (χ2v) is 6.69. The highest BCUT2D eigenvalue weighted by Crippen LogP contribution is 2.36. The maximum atomic E-state index is 11.4. The lowest BCUT2D eigenvalue weighted by Gasteiger charge is -2.42. The fourth-order valence-electron chi connectivity index (χ4n) is 3.07. The van der Waals surface area contributed by atoms with E-state index in [1.807, 2.05) is 0 Å². The van der Waals surface area contributed by atoms with Crippen LogP contribution in [0.2, 0.25) is 0 Å². The molecular formula is C16H25N3O4. The van der Waals surface area contributed by atoms with Crippen molar-refractivity contribution in [3.63, 3.8) is 0 Å². The molecule has 0 spiro atoms. The molecule has 0 bridgehead atoms. The number of benzene rings is 1. The highest BCUT2D eigenvalue weighted by atomic mass is 16.6. The van der Waals surface area contributed by atoms with Gasteiger partial charge in [0, 0.05) is 31.2 Å². The summed E-state index contributed by atoms with van der Waals surface area (Å²) in [7, 11) is 2.99. The summed E-state index contributed by atoms with van der Waals surface area (Å²) in [6.07, 6.45) is 0.883. The van der Waals surface area contributed by atoms with Crippen LogP contribution >= 0.6 is 0 Å². The Bertz CT molecular complexity index is 589. The lowest BCUT2D eigenvalue weighted by Crippen LogP contribution is -2.52. The standard InChI is InChI=1S/C16H25N3O4/c1-16(2)10-18(6-5-15(16)17)9-11-7-13(22-3)14(23-4)8-12(11)19(20)21/h7-8,15H,5-6,9-10,17H2,1-4H3. The van der Waals surface area contributed by atoms with Gasteiger partial charge in [-0.1, -0.05) is 13.8 Å². The Kier molecular flexibility index (Phi) is 5.11. The van der Waals surface area contributed by atoms with Crippen molar-refractivity contribution in [2.24, 2.45) is 11.1 Å². The molecule has 2 rings (SSSR count). The number of nitrogens with zero attached hydrogens (tertiary/aromatic N) is 2. The minimum atomic E-state index is -0.377. The van der Waals surface area contributed by atoms with Gasteiger partial charge in [0.05, 0.1) is 25.2 Å². The number of nitrogens with two attached hydrogens (primary N) is 1. The molecule has 128 valence electrons. The lowest BCUT2D eigenvalue weighted by molar-refractivity contribution is -0.385. The van der Waals surface area contributed by atoms with E-state index in [4.69, 9.17) is 15.2 Å². The third-order valence-corrected chi connectivity index (χ3v) is 4.57. The van der Waals surface area contributed by atoms with E-state index < -0.39 is 0 Å². The molecule has 0 aromatic heterocycles. The van der Waals surface area contributed by atoms with Crippen LogP contribution in [0.1, 0.15) is 25.8 Å². The van der Waals surface area contributed by atoms with Crippen molar-refractivity contribution in [1.29, 1.82) is 0 Å². The molecule has 0 saturated carbocycles. The van der Waals surface area contributed by atoms with Crippen molar-refractivity contribution in [3.05, 3.63) is 27.8 Å². The molecule has 1 unspecified atom stereocenters. The summed E-state index contributed by atoms with van der Waals surface area (Å²) in [5.74, 6) is 0.866. The van der Waals surface area contributed by atoms with E-state index in [1.165, 1.54) is 20.3 Å². The van der Waals surface area contributed by atoms with Crippen molar-refractivity contribution in [2.45, 2.75) is 32.9 Å². The monoisotopic (exact) mass is 323 g/mol. The number of hydrogen-bond acceptors (Lipinski definition) is 6. The molecule has 1 aliphatic heterocycles. The van der Waals surface area contributed by atoms with E-state index in [2.05, 4.69) is 18.7 Å². The summed E-state index contributed by atoms with van der Waals surface area (Å²) in [5.41, 5.74) is 6.82. The molecule has 23 heavy (non-hydrogen) atoms. The Balaban J connectivity index is 2.30. The molecular weight excluding hydrogens is 298 g/mol. The number of likely N-dealkylation sites (tertiary alicyclic amines) is 1. The predicted molar refractivity (Wildman–Crippen MR) is 87.9 cm³/mol. The van der Waals surface area contributed by atoms with Gasteiger partial charge in [-0.3, -0.25) is 15.0 Å². The van der Waals surface area contributed by atoms with Crippen molar-refractivity contribution < 1.29 is 14.4 Å². The molecule has 0 amide bonds. The normalized spacial score (nSPS) is 21.0. The molecule has 7 heteroatoms. The van der Waals surface area contributed by atoms with E-state index in [0.29, 0.717) is 23.6 Å². The molecule has 0 radical (unpaired) electrons. The average molecular weight is 323 g/mol. The zero-order valence-corrected chi connectivity index (χ0v) is 14.2. The third kappa shape index (κ3) is 3.73. The molecule has 1 atom stereocenters. The van der Waals surface area contributed by atoms with Crippen LogP contribution in [0.3, 0.4) is 0 Å². The number of nitro benzene ring substituents is 1. The Morgan fingerprint density at radius 3 is 2.48 bits per heavy atom. The minimum Gasteiger partial charge on any atom is -0.493 e.